The number of rotatable bonds is 4. The van der Waals surface area contributed by atoms with E-state index in [0.29, 0.717) is 6.54 Å². The summed E-state index contributed by atoms with van der Waals surface area (Å²) in [4.78, 5) is 4.16. The van der Waals surface area contributed by atoms with Crippen molar-refractivity contribution in [3.63, 3.8) is 0 Å². The van der Waals surface area contributed by atoms with Crippen LogP contribution in [0.5, 0.6) is 0 Å². The van der Waals surface area contributed by atoms with Gasteiger partial charge in [0.2, 0.25) is 0 Å². The van der Waals surface area contributed by atoms with Crippen LogP contribution in [0.15, 0.2) is 30.9 Å². The Morgan fingerprint density at radius 2 is 2.25 bits per heavy atom. The largest absolute Gasteiger partial charge is 0.330 e. The molecule has 0 spiro atoms. The molecular weight excluding hydrogens is 200 g/mol. The first-order valence-corrected chi connectivity index (χ1v) is 5.43. The van der Waals surface area contributed by atoms with Crippen LogP contribution in [0.3, 0.4) is 0 Å². The second-order valence-corrected chi connectivity index (χ2v) is 3.83. The molecule has 4 nitrogen and oxygen atoms in total. The van der Waals surface area contributed by atoms with Gasteiger partial charge < -0.3 is 5.73 Å². The Balaban J connectivity index is 2.32. The van der Waals surface area contributed by atoms with E-state index in [1.54, 1.807) is 0 Å². The fraction of sp³-hybridized carbons (Fsp3) is 0.333. The minimum atomic E-state index is 0.710. The van der Waals surface area contributed by atoms with Gasteiger partial charge in [-0.1, -0.05) is 0 Å². The number of hydrogen-bond acceptors (Lipinski definition) is 3. The molecule has 2 N–H and O–H groups in total. The van der Waals surface area contributed by atoms with E-state index < -0.39 is 0 Å². The molecule has 0 atom stereocenters. The monoisotopic (exact) mass is 216 g/mol. The molecule has 0 bridgehead atoms. The van der Waals surface area contributed by atoms with Crippen molar-refractivity contribution >= 4 is 0 Å². The predicted molar refractivity (Wildman–Crippen MR) is 63.8 cm³/mol. The number of nitrogens with two attached hydrogens (primary N) is 1. The molecule has 0 unspecified atom stereocenters. The second-order valence-electron chi connectivity index (χ2n) is 3.83. The highest BCUT2D eigenvalue weighted by Crippen LogP contribution is 2.22. The summed E-state index contributed by atoms with van der Waals surface area (Å²) in [5, 5.41) is 4.19. The van der Waals surface area contributed by atoms with Crippen LogP contribution in [0, 0.1) is 0 Å². The molecule has 0 saturated heterocycles. The highest BCUT2D eigenvalue weighted by Gasteiger charge is 2.06. The maximum Gasteiger partial charge on any atom is 0.0568 e. The Morgan fingerprint density at radius 3 is 2.94 bits per heavy atom. The van der Waals surface area contributed by atoms with E-state index in [1.807, 2.05) is 42.6 Å². The van der Waals surface area contributed by atoms with E-state index in [4.69, 9.17) is 5.73 Å². The van der Waals surface area contributed by atoms with Gasteiger partial charge in [0.1, 0.15) is 0 Å². The summed E-state index contributed by atoms with van der Waals surface area (Å²) in [5.74, 6) is 0. The van der Waals surface area contributed by atoms with Gasteiger partial charge in [-0.25, -0.2) is 0 Å². The van der Waals surface area contributed by atoms with Crippen molar-refractivity contribution in [2.24, 2.45) is 12.8 Å². The summed E-state index contributed by atoms with van der Waals surface area (Å²) >= 11 is 0. The molecule has 0 saturated carbocycles. The second kappa shape index (κ2) is 4.90. The van der Waals surface area contributed by atoms with E-state index in [-0.39, 0.29) is 0 Å². The van der Waals surface area contributed by atoms with Gasteiger partial charge in [-0.2, -0.15) is 5.10 Å². The van der Waals surface area contributed by atoms with Crippen LogP contribution in [0.1, 0.15) is 12.0 Å². The van der Waals surface area contributed by atoms with Crippen molar-refractivity contribution in [1.82, 2.24) is 14.8 Å². The number of pyridine rings is 1. The maximum atomic E-state index is 5.53. The summed E-state index contributed by atoms with van der Waals surface area (Å²) in [6.07, 6.45) is 9.57. The van der Waals surface area contributed by atoms with Crippen molar-refractivity contribution in [3.8, 4) is 11.1 Å². The third-order valence-electron chi connectivity index (χ3n) is 2.57. The molecule has 0 amide bonds. The first-order chi connectivity index (χ1) is 7.81. The van der Waals surface area contributed by atoms with Crippen molar-refractivity contribution in [2.45, 2.75) is 12.8 Å². The molecule has 0 aromatic carbocycles. The molecule has 2 rings (SSSR count). The van der Waals surface area contributed by atoms with Crippen molar-refractivity contribution < 1.29 is 0 Å². The Labute approximate surface area is 95.1 Å². The van der Waals surface area contributed by atoms with Crippen LogP contribution in [0.2, 0.25) is 0 Å². The van der Waals surface area contributed by atoms with E-state index in [9.17, 15) is 0 Å². The number of nitrogens with zero attached hydrogens (tertiary/aromatic N) is 3. The van der Waals surface area contributed by atoms with Gasteiger partial charge in [0.25, 0.3) is 0 Å². The van der Waals surface area contributed by atoms with Crippen molar-refractivity contribution in [1.29, 1.82) is 0 Å². The summed E-state index contributed by atoms with van der Waals surface area (Å²) in [5.41, 5.74) is 9.11. The molecule has 0 radical (unpaired) electrons. The van der Waals surface area contributed by atoms with Gasteiger partial charge in [-0.3, -0.25) is 9.67 Å². The van der Waals surface area contributed by atoms with Crippen molar-refractivity contribution in [3.05, 3.63) is 36.4 Å². The molecule has 2 aromatic heterocycles. The van der Waals surface area contributed by atoms with Crippen LogP contribution in [0.25, 0.3) is 11.1 Å². The van der Waals surface area contributed by atoms with Crippen LogP contribution in [-0.2, 0) is 13.5 Å². The normalized spacial score (nSPS) is 10.6. The molecular formula is C12H16N4. The molecule has 0 aliphatic rings. The average Bonchev–Trinajstić information content (AvgIpc) is 2.73. The van der Waals surface area contributed by atoms with E-state index in [1.165, 1.54) is 11.1 Å². The SMILES string of the molecule is Cn1cc(-c2ccncc2CCCN)cn1. The fourth-order valence-electron chi connectivity index (χ4n) is 1.76. The zero-order chi connectivity index (χ0) is 11.4. The highest BCUT2D eigenvalue weighted by molar-refractivity contribution is 5.65. The Kier molecular flexibility index (Phi) is 3.31. The number of aromatic nitrogens is 3. The van der Waals surface area contributed by atoms with Gasteiger partial charge in [0.15, 0.2) is 0 Å². The summed E-state index contributed by atoms with van der Waals surface area (Å²) < 4.78 is 1.81. The molecule has 4 heteroatoms. The Morgan fingerprint density at radius 1 is 1.38 bits per heavy atom. The minimum Gasteiger partial charge on any atom is -0.330 e. The molecule has 2 aromatic rings. The fourth-order valence-corrected chi connectivity index (χ4v) is 1.76. The zero-order valence-corrected chi connectivity index (χ0v) is 9.43. The summed E-state index contributed by atoms with van der Waals surface area (Å²) in [6, 6.07) is 2.03. The topological polar surface area (TPSA) is 56.7 Å². The number of aryl methyl sites for hydroxylation is 2. The third-order valence-corrected chi connectivity index (χ3v) is 2.57. The van der Waals surface area contributed by atoms with E-state index >= 15 is 0 Å². The highest BCUT2D eigenvalue weighted by atomic mass is 15.2. The third kappa shape index (κ3) is 2.28. The smallest absolute Gasteiger partial charge is 0.0568 e. The minimum absolute atomic E-state index is 0.710. The van der Waals surface area contributed by atoms with Crippen LogP contribution in [0.4, 0.5) is 0 Å². The number of hydrogen-bond donors (Lipinski definition) is 1. The van der Waals surface area contributed by atoms with Gasteiger partial charge in [-0.05, 0) is 36.6 Å². The first kappa shape index (κ1) is 10.8. The lowest BCUT2D eigenvalue weighted by atomic mass is 10.0. The Hall–Kier alpha value is -1.68. The zero-order valence-electron chi connectivity index (χ0n) is 9.43. The molecule has 0 fully saturated rings. The molecule has 16 heavy (non-hydrogen) atoms. The summed E-state index contributed by atoms with van der Waals surface area (Å²) in [6.45, 7) is 0.710. The van der Waals surface area contributed by atoms with Gasteiger partial charge in [0, 0.05) is 31.2 Å². The standard InChI is InChI=1S/C12H16N4/c1-16-9-11(8-15-16)12-4-6-14-7-10(12)3-2-5-13/h4,6-9H,2-3,5,13H2,1H3. The van der Waals surface area contributed by atoms with Crippen molar-refractivity contribution in [2.75, 3.05) is 6.54 Å². The lowest BCUT2D eigenvalue weighted by molar-refractivity contribution is 0.768. The molecule has 0 aliphatic heterocycles. The quantitative estimate of drug-likeness (QED) is 0.839. The van der Waals surface area contributed by atoms with E-state index in [0.717, 1.165) is 18.4 Å². The molecule has 84 valence electrons. The van der Waals surface area contributed by atoms with Gasteiger partial charge in [-0.15, -0.1) is 0 Å². The average molecular weight is 216 g/mol. The maximum absolute atomic E-state index is 5.53. The van der Waals surface area contributed by atoms with Gasteiger partial charge in [0.05, 0.1) is 6.20 Å². The first-order valence-electron chi connectivity index (χ1n) is 5.43. The van der Waals surface area contributed by atoms with E-state index in [2.05, 4.69) is 10.1 Å². The van der Waals surface area contributed by atoms with Gasteiger partial charge >= 0.3 is 0 Å². The van der Waals surface area contributed by atoms with Crippen LogP contribution >= 0.6 is 0 Å². The van der Waals surface area contributed by atoms with Crippen LogP contribution < -0.4 is 5.73 Å². The lowest BCUT2D eigenvalue weighted by Gasteiger charge is -2.05. The predicted octanol–water partition coefficient (Wildman–Crippen LogP) is 1.37. The molecule has 2 heterocycles. The van der Waals surface area contributed by atoms with Crippen LogP contribution in [-0.4, -0.2) is 21.3 Å². The molecule has 0 aliphatic carbocycles. The summed E-state index contributed by atoms with van der Waals surface area (Å²) in [7, 11) is 1.92. The Bertz CT molecular complexity index is 462. The lowest BCUT2D eigenvalue weighted by Crippen LogP contribution is -2.01.